The molecule has 2 aromatic carbocycles. The SMILES string of the molecule is CCc1c(C)c2c3c(cc(C)n3CCN2CCF)c1-c1ccc(C)cc1. The van der Waals surface area contributed by atoms with Crippen LogP contribution in [0, 0.1) is 20.8 Å². The van der Waals surface area contributed by atoms with Crippen LogP contribution in [0.5, 0.6) is 0 Å². The van der Waals surface area contributed by atoms with E-state index in [9.17, 15) is 4.39 Å². The lowest BCUT2D eigenvalue weighted by Gasteiger charge is -2.33. The summed E-state index contributed by atoms with van der Waals surface area (Å²) in [5, 5.41) is 1.31. The van der Waals surface area contributed by atoms with Gasteiger partial charge in [-0.05, 0) is 55.5 Å². The Morgan fingerprint density at radius 3 is 2.42 bits per heavy atom. The normalized spacial score (nSPS) is 13.7. The Morgan fingerprint density at radius 1 is 1.04 bits per heavy atom. The number of aromatic nitrogens is 1. The zero-order chi connectivity index (χ0) is 18.4. The van der Waals surface area contributed by atoms with Crippen LogP contribution in [0.1, 0.15) is 29.3 Å². The fraction of sp³-hybridized carbons (Fsp3) is 0.391. The summed E-state index contributed by atoms with van der Waals surface area (Å²) in [4.78, 5) is 2.25. The van der Waals surface area contributed by atoms with Gasteiger partial charge in [-0.25, -0.2) is 4.39 Å². The largest absolute Gasteiger partial charge is 0.365 e. The molecule has 0 unspecified atom stereocenters. The van der Waals surface area contributed by atoms with Gasteiger partial charge in [0, 0.05) is 30.7 Å². The van der Waals surface area contributed by atoms with Crippen LogP contribution in [-0.2, 0) is 13.0 Å². The Bertz CT molecular complexity index is 967. The van der Waals surface area contributed by atoms with Crippen molar-refractivity contribution in [2.45, 2.75) is 40.7 Å². The molecule has 2 nitrogen and oxygen atoms in total. The summed E-state index contributed by atoms with van der Waals surface area (Å²) in [7, 11) is 0. The summed E-state index contributed by atoms with van der Waals surface area (Å²) < 4.78 is 15.6. The number of halogens is 1. The average Bonchev–Trinajstić information content (AvgIpc) is 2.96. The van der Waals surface area contributed by atoms with Crippen LogP contribution in [0.2, 0.25) is 0 Å². The molecule has 0 spiro atoms. The molecule has 3 aromatic rings. The van der Waals surface area contributed by atoms with Gasteiger partial charge in [-0.3, -0.25) is 0 Å². The number of anilines is 1. The second kappa shape index (κ2) is 6.46. The maximum absolute atomic E-state index is 13.2. The molecule has 0 bridgehead atoms. The van der Waals surface area contributed by atoms with Crippen molar-refractivity contribution in [3.8, 4) is 11.1 Å². The van der Waals surface area contributed by atoms with Gasteiger partial charge in [-0.2, -0.15) is 0 Å². The quantitative estimate of drug-likeness (QED) is 0.596. The third-order valence-corrected chi connectivity index (χ3v) is 5.87. The summed E-state index contributed by atoms with van der Waals surface area (Å²) in [6, 6.07) is 11.2. The number of nitrogens with zero attached hydrogens (tertiary/aromatic N) is 2. The molecule has 0 saturated carbocycles. The standard InChI is InChI=1S/C23H27FN2/c1-5-19-17(4)22-23-20(21(19)18-8-6-15(2)7-9-18)14-16(3)26(23)13-12-25(22)11-10-24/h6-9,14H,5,10-13H2,1-4H3. The first kappa shape index (κ1) is 17.1. The van der Waals surface area contributed by atoms with E-state index in [4.69, 9.17) is 0 Å². The molecular weight excluding hydrogens is 323 g/mol. The minimum Gasteiger partial charge on any atom is -0.365 e. The van der Waals surface area contributed by atoms with Crippen LogP contribution in [-0.4, -0.2) is 24.3 Å². The van der Waals surface area contributed by atoms with Gasteiger partial charge < -0.3 is 9.47 Å². The molecule has 3 heteroatoms. The van der Waals surface area contributed by atoms with Crippen molar-refractivity contribution in [2.75, 3.05) is 24.7 Å². The lowest BCUT2D eigenvalue weighted by molar-refractivity contribution is 0.482. The Labute approximate surface area is 155 Å². The molecule has 136 valence electrons. The topological polar surface area (TPSA) is 8.17 Å². The van der Waals surface area contributed by atoms with Crippen LogP contribution in [0.3, 0.4) is 0 Å². The minimum absolute atomic E-state index is 0.304. The zero-order valence-electron chi connectivity index (χ0n) is 16.2. The number of benzene rings is 2. The van der Waals surface area contributed by atoms with Crippen molar-refractivity contribution < 1.29 is 4.39 Å². The highest BCUT2D eigenvalue weighted by Gasteiger charge is 2.27. The first-order valence-corrected chi connectivity index (χ1v) is 9.60. The summed E-state index contributed by atoms with van der Waals surface area (Å²) in [6.07, 6.45) is 0.978. The van der Waals surface area contributed by atoms with Gasteiger partial charge in [-0.1, -0.05) is 36.8 Å². The van der Waals surface area contributed by atoms with Crippen LogP contribution in [0.25, 0.3) is 22.0 Å². The molecule has 0 atom stereocenters. The molecule has 0 N–H and O–H groups in total. The second-order valence-electron chi connectivity index (χ2n) is 7.42. The molecule has 2 heterocycles. The molecule has 4 rings (SSSR count). The highest BCUT2D eigenvalue weighted by molar-refractivity contribution is 6.06. The number of hydrogen-bond acceptors (Lipinski definition) is 1. The predicted octanol–water partition coefficient (Wildman–Crippen LogP) is 5.59. The van der Waals surface area contributed by atoms with Crippen molar-refractivity contribution in [1.82, 2.24) is 4.57 Å². The van der Waals surface area contributed by atoms with E-state index < -0.39 is 0 Å². The van der Waals surface area contributed by atoms with Gasteiger partial charge in [0.05, 0.1) is 11.2 Å². The first-order valence-electron chi connectivity index (χ1n) is 9.60. The lowest BCUT2D eigenvalue weighted by atomic mass is 9.89. The van der Waals surface area contributed by atoms with E-state index in [1.165, 1.54) is 50.1 Å². The van der Waals surface area contributed by atoms with Gasteiger partial charge in [-0.15, -0.1) is 0 Å². The summed E-state index contributed by atoms with van der Waals surface area (Å²) in [6.45, 7) is 10.8. The maximum Gasteiger partial charge on any atom is 0.107 e. The van der Waals surface area contributed by atoms with Crippen LogP contribution >= 0.6 is 0 Å². The molecule has 0 aliphatic carbocycles. The number of aryl methyl sites for hydroxylation is 2. The van der Waals surface area contributed by atoms with E-state index >= 15 is 0 Å². The fourth-order valence-electron chi connectivity index (χ4n) is 4.62. The van der Waals surface area contributed by atoms with Gasteiger partial charge in [0.2, 0.25) is 0 Å². The van der Waals surface area contributed by atoms with Gasteiger partial charge in [0.15, 0.2) is 0 Å². The van der Waals surface area contributed by atoms with Gasteiger partial charge >= 0.3 is 0 Å². The Balaban J connectivity index is 2.10. The first-order chi connectivity index (χ1) is 12.6. The van der Waals surface area contributed by atoms with Gasteiger partial charge in [0.1, 0.15) is 6.67 Å². The molecule has 1 aliphatic heterocycles. The van der Waals surface area contributed by atoms with E-state index in [1.807, 2.05) is 0 Å². The molecular formula is C23H27FN2. The monoisotopic (exact) mass is 350 g/mol. The van der Waals surface area contributed by atoms with E-state index in [-0.39, 0.29) is 6.67 Å². The summed E-state index contributed by atoms with van der Waals surface area (Å²) in [5.74, 6) is 0. The summed E-state index contributed by atoms with van der Waals surface area (Å²) >= 11 is 0. The molecule has 26 heavy (non-hydrogen) atoms. The molecule has 1 aliphatic rings. The van der Waals surface area contributed by atoms with Crippen molar-refractivity contribution in [3.05, 3.63) is 52.7 Å². The third-order valence-electron chi connectivity index (χ3n) is 5.87. The van der Waals surface area contributed by atoms with Crippen LogP contribution in [0.4, 0.5) is 10.1 Å². The van der Waals surface area contributed by atoms with E-state index in [0.29, 0.717) is 6.54 Å². The third kappa shape index (κ3) is 2.45. The molecule has 0 saturated heterocycles. The van der Waals surface area contributed by atoms with Gasteiger partial charge in [0.25, 0.3) is 0 Å². The van der Waals surface area contributed by atoms with Crippen LogP contribution < -0.4 is 4.90 Å². The van der Waals surface area contributed by atoms with Crippen LogP contribution in [0.15, 0.2) is 30.3 Å². The van der Waals surface area contributed by atoms with Crippen molar-refractivity contribution in [1.29, 1.82) is 0 Å². The number of rotatable bonds is 4. The van der Waals surface area contributed by atoms with E-state index in [2.05, 4.69) is 67.5 Å². The number of hydrogen-bond donors (Lipinski definition) is 0. The van der Waals surface area contributed by atoms with Crippen molar-refractivity contribution >= 4 is 16.6 Å². The lowest BCUT2D eigenvalue weighted by Crippen LogP contribution is -2.34. The Hall–Kier alpha value is -2.29. The fourth-order valence-corrected chi connectivity index (χ4v) is 4.62. The Morgan fingerprint density at radius 2 is 1.77 bits per heavy atom. The van der Waals surface area contributed by atoms with Crippen molar-refractivity contribution in [2.24, 2.45) is 0 Å². The van der Waals surface area contributed by atoms with E-state index in [1.54, 1.807) is 0 Å². The second-order valence-corrected chi connectivity index (χ2v) is 7.42. The molecule has 1 aromatic heterocycles. The average molecular weight is 350 g/mol. The zero-order valence-corrected chi connectivity index (χ0v) is 16.2. The highest BCUT2D eigenvalue weighted by atomic mass is 19.1. The minimum atomic E-state index is -0.304. The Kier molecular flexibility index (Phi) is 4.26. The maximum atomic E-state index is 13.2. The highest BCUT2D eigenvalue weighted by Crippen LogP contribution is 2.44. The van der Waals surface area contributed by atoms with Crippen molar-refractivity contribution in [3.63, 3.8) is 0 Å². The predicted molar refractivity (Wildman–Crippen MR) is 109 cm³/mol. The molecule has 0 amide bonds. The smallest absolute Gasteiger partial charge is 0.107 e. The molecule has 0 fully saturated rings. The van der Waals surface area contributed by atoms with E-state index in [0.717, 1.165) is 19.5 Å². The molecule has 0 radical (unpaired) electrons. The summed E-state index contributed by atoms with van der Waals surface area (Å²) in [5.41, 5.74) is 10.4. The number of alkyl halides is 1.